The van der Waals surface area contributed by atoms with Crippen molar-refractivity contribution < 1.29 is 19.2 Å². The second-order valence-electron chi connectivity index (χ2n) is 3.14. The van der Waals surface area contributed by atoms with E-state index in [0.717, 1.165) is 0 Å². The summed E-state index contributed by atoms with van der Waals surface area (Å²) in [5.74, 6) is -0.490. The summed E-state index contributed by atoms with van der Waals surface area (Å²) in [7, 11) is 2.48. The molecule has 0 N–H and O–H groups in total. The summed E-state index contributed by atoms with van der Waals surface area (Å²) in [4.78, 5) is 28.6. The number of nitrogens with zero attached hydrogens (tertiary/aromatic N) is 3. The fourth-order valence-electron chi connectivity index (χ4n) is 1.20. The highest BCUT2D eigenvalue weighted by atomic mass is 16.6. The van der Waals surface area contributed by atoms with E-state index in [1.54, 1.807) is 0 Å². The molecule has 8 heteroatoms. The third kappa shape index (κ3) is 2.86. The van der Waals surface area contributed by atoms with Crippen molar-refractivity contribution in [2.24, 2.45) is 0 Å². The minimum atomic E-state index is -0.699. The topological polar surface area (TPSA) is 104 Å². The number of hydrogen-bond donors (Lipinski definition) is 0. The number of carbonyl (C=O) groups excluding carboxylic acids is 1. The molecule has 1 aromatic heterocycles. The van der Waals surface area contributed by atoms with E-state index in [-0.39, 0.29) is 29.8 Å². The summed E-state index contributed by atoms with van der Waals surface area (Å²) >= 11 is 0. The first-order valence-corrected chi connectivity index (χ1v) is 4.62. The zero-order valence-corrected chi connectivity index (χ0v) is 9.59. The van der Waals surface area contributed by atoms with Gasteiger partial charge in [0.1, 0.15) is 11.6 Å². The van der Waals surface area contributed by atoms with Gasteiger partial charge in [-0.15, -0.1) is 0 Å². The predicted molar refractivity (Wildman–Crippen MR) is 56.2 cm³/mol. The fraction of sp³-hybridized carbons (Fsp3) is 0.444. The number of carbonyl (C=O) groups is 1. The molecular weight excluding hydrogens is 230 g/mol. The maximum absolute atomic E-state index is 10.9. The van der Waals surface area contributed by atoms with E-state index >= 15 is 0 Å². The van der Waals surface area contributed by atoms with Gasteiger partial charge in [0.15, 0.2) is 0 Å². The van der Waals surface area contributed by atoms with E-state index in [9.17, 15) is 14.9 Å². The average Bonchev–Trinajstić information content (AvgIpc) is 2.26. The zero-order chi connectivity index (χ0) is 13.0. The Morgan fingerprint density at radius 2 is 1.76 bits per heavy atom. The lowest BCUT2D eigenvalue weighted by atomic mass is 10.3. The molecule has 17 heavy (non-hydrogen) atoms. The number of nitro groups is 1. The van der Waals surface area contributed by atoms with E-state index in [1.807, 2.05) is 0 Å². The summed E-state index contributed by atoms with van der Waals surface area (Å²) in [5, 5.41) is 10.8. The summed E-state index contributed by atoms with van der Waals surface area (Å²) < 4.78 is 9.57. The van der Waals surface area contributed by atoms with E-state index in [1.165, 1.54) is 21.1 Å². The Hall–Kier alpha value is -2.25. The summed E-state index contributed by atoms with van der Waals surface area (Å²) in [6.45, 7) is 1.36. The van der Waals surface area contributed by atoms with E-state index in [0.29, 0.717) is 0 Å². The Kier molecular flexibility index (Phi) is 3.91. The van der Waals surface area contributed by atoms with Gasteiger partial charge in [0, 0.05) is 0 Å². The number of Topliss-reactive ketones (excluding diaryl/α,β-unsaturated/α-hetero) is 1. The lowest BCUT2D eigenvalue weighted by molar-refractivity contribution is -0.387. The molecule has 0 fully saturated rings. The summed E-state index contributed by atoms with van der Waals surface area (Å²) in [6, 6.07) is 0. The van der Waals surface area contributed by atoms with Gasteiger partial charge in [0.05, 0.1) is 25.6 Å². The van der Waals surface area contributed by atoms with Gasteiger partial charge in [-0.05, 0) is 6.92 Å². The van der Waals surface area contributed by atoms with E-state index in [2.05, 4.69) is 9.97 Å². The van der Waals surface area contributed by atoms with Crippen LogP contribution in [-0.4, -0.2) is 34.9 Å². The van der Waals surface area contributed by atoms with E-state index in [4.69, 9.17) is 9.47 Å². The monoisotopic (exact) mass is 241 g/mol. The predicted octanol–water partition coefficient (Wildman–Crippen LogP) is 0.533. The van der Waals surface area contributed by atoms with Crippen LogP contribution in [0.4, 0.5) is 5.69 Å². The molecule has 0 atom stereocenters. The van der Waals surface area contributed by atoms with Crippen molar-refractivity contribution in [3.63, 3.8) is 0 Å². The molecule has 0 aliphatic heterocycles. The molecule has 0 spiro atoms. The van der Waals surface area contributed by atoms with Gasteiger partial charge in [-0.2, -0.15) is 9.97 Å². The molecule has 1 rings (SSSR count). The van der Waals surface area contributed by atoms with Crippen LogP contribution in [0.15, 0.2) is 0 Å². The Labute approximate surface area is 96.7 Å². The van der Waals surface area contributed by atoms with Crippen molar-refractivity contribution in [1.82, 2.24) is 9.97 Å². The maximum atomic E-state index is 10.9. The molecule has 0 aliphatic carbocycles. The zero-order valence-electron chi connectivity index (χ0n) is 9.59. The van der Waals surface area contributed by atoms with Gasteiger partial charge in [0.25, 0.3) is 0 Å². The second-order valence-corrected chi connectivity index (χ2v) is 3.14. The standard InChI is InChI=1S/C9H11N3O5/c1-5(13)4-6-10-8(16-2)7(12(14)15)9(11-6)17-3/h4H2,1-3H3. The largest absolute Gasteiger partial charge is 0.476 e. The number of rotatable bonds is 5. The van der Waals surface area contributed by atoms with Crippen LogP contribution < -0.4 is 9.47 Å². The molecule has 0 radical (unpaired) electrons. The number of ketones is 1. The molecule has 0 aliphatic rings. The van der Waals surface area contributed by atoms with Crippen molar-refractivity contribution in [3.8, 4) is 11.8 Å². The van der Waals surface area contributed by atoms with Crippen molar-refractivity contribution in [2.75, 3.05) is 14.2 Å². The second kappa shape index (κ2) is 5.19. The van der Waals surface area contributed by atoms with Gasteiger partial charge in [-0.25, -0.2) is 0 Å². The molecule has 0 saturated heterocycles. The first-order valence-electron chi connectivity index (χ1n) is 4.62. The lowest BCUT2D eigenvalue weighted by Crippen LogP contribution is -2.08. The fourth-order valence-corrected chi connectivity index (χ4v) is 1.20. The highest BCUT2D eigenvalue weighted by Gasteiger charge is 2.27. The number of aromatic nitrogens is 2. The lowest BCUT2D eigenvalue weighted by Gasteiger charge is -2.06. The molecule has 0 unspecified atom stereocenters. The molecule has 0 amide bonds. The van der Waals surface area contributed by atoms with Gasteiger partial charge < -0.3 is 9.47 Å². The number of hydrogen-bond acceptors (Lipinski definition) is 7. The van der Waals surface area contributed by atoms with E-state index < -0.39 is 10.6 Å². The third-order valence-electron chi connectivity index (χ3n) is 1.84. The molecule has 0 aromatic carbocycles. The summed E-state index contributed by atoms with van der Waals surface area (Å²) in [5.41, 5.74) is -0.456. The molecule has 1 aromatic rings. The van der Waals surface area contributed by atoms with Gasteiger partial charge in [-0.1, -0.05) is 0 Å². The Bertz CT molecular complexity index is 435. The molecule has 92 valence electrons. The van der Waals surface area contributed by atoms with Gasteiger partial charge >= 0.3 is 17.4 Å². The Balaban J connectivity index is 3.33. The minimum absolute atomic E-state index is 0.0370. The van der Waals surface area contributed by atoms with Crippen LogP contribution in [-0.2, 0) is 11.2 Å². The molecule has 1 heterocycles. The van der Waals surface area contributed by atoms with Crippen molar-refractivity contribution >= 4 is 11.5 Å². The van der Waals surface area contributed by atoms with Gasteiger partial charge in [0.2, 0.25) is 0 Å². The first-order chi connectivity index (χ1) is 7.99. The Morgan fingerprint density at radius 1 is 1.29 bits per heavy atom. The SMILES string of the molecule is COc1nc(CC(C)=O)nc(OC)c1[N+](=O)[O-]. The number of ether oxygens (including phenoxy) is 2. The highest BCUT2D eigenvalue weighted by molar-refractivity contribution is 5.77. The van der Waals surface area contributed by atoms with Crippen LogP contribution in [0.25, 0.3) is 0 Å². The van der Waals surface area contributed by atoms with Crippen LogP contribution in [0.2, 0.25) is 0 Å². The van der Waals surface area contributed by atoms with Crippen LogP contribution in [0.1, 0.15) is 12.7 Å². The van der Waals surface area contributed by atoms with Crippen molar-refractivity contribution in [2.45, 2.75) is 13.3 Å². The average molecular weight is 241 g/mol. The molecule has 8 nitrogen and oxygen atoms in total. The summed E-state index contributed by atoms with van der Waals surface area (Å²) in [6.07, 6.45) is -0.0370. The Morgan fingerprint density at radius 3 is 2.06 bits per heavy atom. The van der Waals surface area contributed by atoms with Crippen LogP contribution in [0, 0.1) is 10.1 Å². The molecular formula is C9H11N3O5. The smallest absolute Gasteiger partial charge is 0.392 e. The van der Waals surface area contributed by atoms with Crippen LogP contribution in [0.3, 0.4) is 0 Å². The van der Waals surface area contributed by atoms with Crippen LogP contribution >= 0.6 is 0 Å². The molecule has 0 saturated carbocycles. The first kappa shape index (κ1) is 12.8. The van der Waals surface area contributed by atoms with Crippen LogP contribution in [0.5, 0.6) is 11.8 Å². The van der Waals surface area contributed by atoms with Crippen molar-refractivity contribution in [1.29, 1.82) is 0 Å². The highest BCUT2D eigenvalue weighted by Crippen LogP contribution is 2.33. The number of methoxy groups -OCH3 is 2. The quantitative estimate of drug-likeness (QED) is 0.547. The third-order valence-corrected chi connectivity index (χ3v) is 1.84. The maximum Gasteiger partial charge on any atom is 0.392 e. The van der Waals surface area contributed by atoms with Gasteiger partial charge in [-0.3, -0.25) is 14.9 Å². The minimum Gasteiger partial charge on any atom is -0.476 e. The van der Waals surface area contributed by atoms with Crippen molar-refractivity contribution in [3.05, 3.63) is 15.9 Å². The normalized spacial score (nSPS) is 9.82. The molecule has 0 bridgehead atoms.